The van der Waals surface area contributed by atoms with Gasteiger partial charge < -0.3 is 5.32 Å². The normalized spacial score (nSPS) is 13.0. The van der Waals surface area contributed by atoms with Gasteiger partial charge in [0.2, 0.25) is 0 Å². The maximum atomic E-state index is 13.6. The van der Waals surface area contributed by atoms with Crippen LogP contribution in [0.5, 0.6) is 0 Å². The fourth-order valence-electron chi connectivity index (χ4n) is 1.22. The molecule has 0 saturated heterocycles. The number of rotatable bonds is 2. The highest BCUT2D eigenvalue weighted by Gasteiger charge is 2.14. The lowest BCUT2D eigenvalue weighted by Crippen LogP contribution is -2.15. The molecule has 0 aliphatic heterocycles. The Hall–Kier alpha value is -0.600. The van der Waals surface area contributed by atoms with Gasteiger partial charge in [0, 0.05) is 16.6 Å². The minimum absolute atomic E-state index is 0.0626. The van der Waals surface area contributed by atoms with Crippen LogP contribution < -0.4 is 5.32 Å². The first-order valence-corrected chi connectivity index (χ1v) is 4.57. The molecule has 1 aromatic rings. The largest absolute Gasteiger partial charge is 0.313 e. The van der Waals surface area contributed by atoms with Gasteiger partial charge in [-0.15, -0.1) is 0 Å². The predicted octanol–water partition coefficient (Wildman–Crippen LogP) is 3.07. The maximum Gasteiger partial charge on any atom is 0.132 e. The van der Waals surface area contributed by atoms with E-state index in [1.807, 2.05) is 6.92 Å². The molecule has 1 N–H and O–H groups in total. The van der Waals surface area contributed by atoms with Crippen molar-refractivity contribution in [1.82, 2.24) is 5.32 Å². The molecule has 1 rings (SSSR count). The van der Waals surface area contributed by atoms with Gasteiger partial charge in [-0.25, -0.2) is 4.39 Å². The Morgan fingerprint density at radius 1 is 1.46 bits per heavy atom. The fourth-order valence-corrected chi connectivity index (χ4v) is 1.53. The number of hydrogen-bond donors (Lipinski definition) is 1. The number of benzene rings is 1. The van der Waals surface area contributed by atoms with E-state index in [1.165, 1.54) is 0 Å². The SMILES string of the molecule is CN[C@@H](C)c1c(Cl)ccc(C)c1F. The maximum absolute atomic E-state index is 13.6. The van der Waals surface area contributed by atoms with Crippen LogP contribution in [0, 0.1) is 12.7 Å². The van der Waals surface area contributed by atoms with Gasteiger partial charge in [0.05, 0.1) is 0 Å². The van der Waals surface area contributed by atoms with E-state index >= 15 is 0 Å². The van der Waals surface area contributed by atoms with Gasteiger partial charge in [-0.2, -0.15) is 0 Å². The van der Waals surface area contributed by atoms with Crippen LogP contribution in [0.2, 0.25) is 5.02 Å². The van der Waals surface area contributed by atoms with Crippen LogP contribution in [0.25, 0.3) is 0 Å². The number of halogens is 2. The molecule has 3 heteroatoms. The van der Waals surface area contributed by atoms with E-state index < -0.39 is 0 Å². The Morgan fingerprint density at radius 3 is 2.62 bits per heavy atom. The second-order valence-corrected chi connectivity index (χ2v) is 3.51. The monoisotopic (exact) mass is 201 g/mol. The van der Waals surface area contributed by atoms with Crippen molar-refractivity contribution >= 4 is 11.6 Å². The highest BCUT2D eigenvalue weighted by molar-refractivity contribution is 6.31. The molecule has 0 amide bonds. The van der Waals surface area contributed by atoms with E-state index in [9.17, 15) is 4.39 Å². The molecule has 0 saturated carbocycles. The summed E-state index contributed by atoms with van der Waals surface area (Å²) in [6.07, 6.45) is 0. The molecular formula is C10H13ClFN. The zero-order chi connectivity index (χ0) is 10.0. The molecule has 0 heterocycles. The number of aryl methyl sites for hydroxylation is 1. The highest BCUT2D eigenvalue weighted by Crippen LogP contribution is 2.27. The van der Waals surface area contributed by atoms with Crippen molar-refractivity contribution < 1.29 is 4.39 Å². The van der Waals surface area contributed by atoms with Crippen LogP contribution in [0.15, 0.2) is 12.1 Å². The van der Waals surface area contributed by atoms with Crippen molar-refractivity contribution in [2.75, 3.05) is 7.05 Å². The first-order valence-electron chi connectivity index (χ1n) is 4.19. The molecule has 0 aromatic heterocycles. The van der Waals surface area contributed by atoms with Gasteiger partial charge in [0.15, 0.2) is 0 Å². The summed E-state index contributed by atoms with van der Waals surface area (Å²) in [5.74, 6) is -0.214. The van der Waals surface area contributed by atoms with Gasteiger partial charge in [0.1, 0.15) is 5.82 Å². The Balaban J connectivity index is 3.25. The molecule has 13 heavy (non-hydrogen) atoms. The fraction of sp³-hybridized carbons (Fsp3) is 0.400. The van der Waals surface area contributed by atoms with E-state index in [-0.39, 0.29) is 11.9 Å². The summed E-state index contributed by atoms with van der Waals surface area (Å²) in [7, 11) is 1.78. The number of nitrogens with one attached hydrogen (secondary N) is 1. The van der Waals surface area contributed by atoms with Crippen LogP contribution in [0.4, 0.5) is 4.39 Å². The van der Waals surface area contributed by atoms with E-state index in [4.69, 9.17) is 11.6 Å². The van der Waals surface area contributed by atoms with E-state index in [0.29, 0.717) is 16.1 Å². The van der Waals surface area contributed by atoms with Gasteiger partial charge >= 0.3 is 0 Å². The summed E-state index contributed by atoms with van der Waals surface area (Å²) in [6.45, 7) is 3.61. The van der Waals surface area contributed by atoms with Crippen LogP contribution in [-0.2, 0) is 0 Å². The summed E-state index contributed by atoms with van der Waals surface area (Å²) in [5, 5.41) is 3.44. The van der Waals surface area contributed by atoms with Crippen molar-refractivity contribution in [3.63, 3.8) is 0 Å². The second kappa shape index (κ2) is 4.07. The lowest BCUT2D eigenvalue weighted by atomic mass is 10.0. The standard InChI is InChI=1S/C10H13ClFN/c1-6-4-5-8(11)9(10(6)12)7(2)13-3/h4-5,7,13H,1-3H3/t7-/m0/s1. The van der Waals surface area contributed by atoms with Crippen LogP contribution >= 0.6 is 11.6 Å². The zero-order valence-electron chi connectivity index (χ0n) is 7.99. The number of hydrogen-bond acceptors (Lipinski definition) is 1. The summed E-state index contributed by atoms with van der Waals surface area (Å²) < 4.78 is 13.6. The third-order valence-corrected chi connectivity index (χ3v) is 2.52. The van der Waals surface area contributed by atoms with E-state index in [0.717, 1.165) is 0 Å². The Kier molecular flexibility index (Phi) is 3.28. The molecule has 0 bridgehead atoms. The van der Waals surface area contributed by atoms with Crippen molar-refractivity contribution in [3.05, 3.63) is 34.1 Å². The Morgan fingerprint density at radius 2 is 2.08 bits per heavy atom. The minimum Gasteiger partial charge on any atom is -0.313 e. The average molecular weight is 202 g/mol. The van der Waals surface area contributed by atoms with Crippen LogP contribution in [0.1, 0.15) is 24.1 Å². The van der Waals surface area contributed by atoms with E-state index in [1.54, 1.807) is 26.1 Å². The lowest BCUT2D eigenvalue weighted by molar-refractivity contribution is 0.556. The Labute approximate surface area is 82.9 Å². The highest BCUT2D eigenvalue weighted by atomic mass is 35.5. The third-order valence-electron chi connectivity index (χ3n) is 2.19. The van der Waals surface area contributed by atoms with Crippen molar-refractivity contribution in [2.24, 2.45) is 0 Å². The van der Waals surface area contributed by atoms with Gasteiger partial charge in [-0.05, 0) is 32.5 Å². The van der Waals surface area contributed by atoms with Gasteiger partial charge in [-0.1, -0.05) is 17.7 Å². The molecule has 0 fully saturated rings. The zero-order valence-corrected chi connectivity index (χ0v) is 8.74. The second-order valence-electron chi connectivity index (χ2n) is 3.10. The quantitative estimate of drug-likeness (QED) is 0.776. The molecule has 1 nitrogen and oxygen atoms in total. The van der Waals surface area contributed by atoms with Crippen LogP contribution in [-0.4, -0.2) is 7.05 Å². The molecule has 0 spiro atoms. The molecule has 0 aliphatic carbocycles. The summed E-state index contributed by atoms with van der Waals surface area (Å²) in [5.41, 5.74) is 1.17. The minimum atomic E-state index is -0.214. The molecule has 1 aromatic carbocycles. The first-order chi connectivity index (χ1) is 6.07. The summed E-state index contributed by atoms with van der Waals surface area (Å²) in [6, 6.07) is 3.35. The molecular weight excluding hydrogens is 189 g/mol. The molecule has 0 unspecified atom stereocenters. The van der Waals surface area contributed by atoms with Gasteiger partial charge in [0.25, 0.3) is 0 Å². The topological polar surface area (TPSA) is 12.0 Å². The van der Waals surface area contributed by atoms with Crippen molar-refractivity contribution in [1.29, 1.82) is 0 Å². The summed E-state index contributed by atoms with van der Waals surface area (Å²) in [4.78, 5) is 0. The summed E-state index contributed by atoms with van der Waals surface area (Å²) >= 11 is 5.90. The predicted molar refractivity (Wildman–Crippen MR) is 53.6 cm³/mol. The average Bonchev–Trinajstić information content (AvgIpc) is 2.12. The molecule has 1 atom stereocenters. The molecule has 72 valence electrons. The molecule has 0 radical (unpaired) electrons. The van der Waals surface area contributed by atoms with Crippen molar-refractivity contribution in [3.8, 4) is 0 Å². The smallest absolute Gasteiger partial charge is 0.132 e. The lowest BCUT2D eigenvalue weighted by Gasteiger charge is -2.14. The van der Waals surface area contributed by atoms with Crippen LogP contribution in [0.3, 0.4) is 0 Å². The first kappa shape index (κ1) is 10.5. The third kappa shape index (κ3) is 2.01. The Bertz CT molecular complexity index is 312. The van der Waals surface area contributed by atoms with Gasteiger partial charge in [-0.3, -0.25) is 0 Å². The van der Waals surface area contributed by atoms with E-state index in [2.05, 4.69) is 5.32 Å². The molecule has 0 aliphatic rings. The van der Waals surface area contributed by atoms with Crippen molar-refractivity contribution in [2.45, 2.75) is 19.9 Å².